The van der Waals surface area contributed by atoms with Gasteiger partial charge in [0.1, 0.15) is 17.0 Å². The van der Waals surface area contributed by atoms with Gasteiger partial charge in [-0.15, -0.1) is 0 Å². The average molecular weight is 557 g/mol. The lowest BCUT2D eigenvalue weighted by atomic mass is 9.83. The van der Waals surface area contributed by atoms with Crippen LogP contribution in [-0.2, 0) is 31.5 Å². The summed E-state index contributed by atoms with van der Waals surface area (Å²) in [6, 6.07) is 9.92. The van der Waals surface area contributed by atoms with Crippen molar-refractivity contribution in [1.29, 1.82) is 0 Å². The Morgan fingerprint density at radius 2 is 1.85 bits per heavy atom. The number of sulfone groups is 1. The molecule has 212 valence electrons. The number of carbonyl (C=O) groups is 1. The first-order valence-electron chi connectivity index (χ1n) is 14.0. The standard InChI is InChI=1S/C30H40N2O6S/c1-29(2,3)38-28(33)32-14-12-30(13-15-32)11-8-25-18-24(5-7-27(25)37-30)26-6-4-23(19-31-26)21-39(34,35)20-22-9-16-36-17-10-22/h4-7,18-19,22H,8-17,20-21H2,1-3H3. The number of ether oxygens (including phenoxy) is 3. The maximum Gasteiger partial charge on any atom is 0.410 e. The van der Waals surface area contributed by atoms with Gasteiger partial charge in [0.2, 0.25) is 0 Å². The smallest absolute Gasteiger partial charge is 0.410 e. The summed E-state index contributed by atoms with van der Waals surface area (Å²) < 4.78 is 42.8. The van der Waals surface area contributed by atoms with Crippen molar-refractivity contribution in [2.24, 2.45) is 5.92 Å². The van der Waals surface area contributed by atoms with Gasteiger partial charge in [0.15, 0.2) is 9.84 Å². The molecule has 0 atom stereocenters. The summed E-state index contributed by atoms with van der Waals surface area (Å²) in [4.78, 5) is 18.8. The van der Waals surface area contributed by atoms with Gasteiger partial charge in [0, 0.05) is 50.9 Å². The first kappa shape index (κ1) is 27.9. The van der Waals surface area contributed by atoms with Crippen LogP contribution in [0.4, 0.5) is 4.79 Å². The highest BCUT2D eigenvalue weighted by Crippen LogP contribution is 2.41. The van der Waals surface area contributed by atoms with Gasteiger partial charge in [0.25, 0.3) is 0 Å². The van der Waals surface area contributed by atoms with Crippen LogP contribution >= 0.6 is 0 Å². The minimum Gasteiger partial charge on any atom is -0.487 e. The van der Waals surface area contributed by atoms with Gasteiger partial charge in [-0.2, -0.15) is 0 Å². The molecule has 4 heterocycles. The van der Waals surface area contributed by atoms with E-state index in [0.717, 1.165) is 61.1 Å². The normalized spacial score (nSPS) is 19.8. The zero-order chi connectivity index (χ0) is 27.7. The van der Waals surface area contributed by atoms with Gasteiger partial charge in [-0.3, -0.25) is 4.98 Å². The second-order valence-electron chi connectivity index (χ2n) is 12.2. The van der Waals surface area contributed by atoms with Crippen LogP contribution in [0.2, 0.25) is 0 Å². The van der Waals surface area contributed by atoms with Crippen molar-refractivity contribution >= 4 is 15.9 Å². The quantitative estimate of drug-likeness (QED) is 0.501. The number of pyridine rings is 1. The van der Waals surface area contributed by atoms with Crippen LogP contribution in [0.25, 0.3) is 11.3 Å². The minimum atomic E-state index is -3.19. The summed E-state index contributed by atoms with van der Waals surface area (Å²) >= 11 is 0. The maximum atomic E-state index is 12.7. The maximum absolute atomic E-state index is 12.7. The Morgan fingerprint density at radius 1 is 1.10 bits per heavy atom. The van der Waals surface area contributed by atoms with E-state index in [1.165, 1.54) is 0 Å². The molecule has 9 heteroatoms. The number of fused-ring (bicyclic) bond motifs is 1. The molecule has 3 aliphatic rings. The largest absolute Gasteiger partial charge is 0.487 e. The summed E-state index contributed by atoms with van der Waals surface area (Å²) in [6.45, 7) is 8.21. The molecular formula is C30H40N2O6S. The van der Waals surface area contributed by atoms with Crippen LogP contribution in [-0.4, -0.2) is 67.7 Å². The van der Waals surface area contributed by atoms with E-state index in [4.69, 9.17) is 14.2 Å². The van der Waals surface area contributed by atoms with Crippen LogP contribution in [0.5, 0.6) is 5.75 Å². The number of hydrogen-bond donors (Lipinski definition) is 0. The molecule has 5 rings (SSSR count). The van der Waals surface area contributed by atoms with Crippen LogP contribution < -0.4 is 4.74 Å². The Balaban J connectivity index is 1.19. The second kappa shape index (κ2) is 11.1. The number of aryl methyl sites for hydroxylation is 1. The number of rotatable bonds is 5. The Hall–Kier alpha value is -2.65. The predicted molar refractivity (Wildman–Crippen MR) is 149 cm³/mol. The predicted octanol–water partition coefficient (Wildman–Crippen LogP) is 5.18. The monoisotopic (exact) mass is 556 g/mol. The second-order valence-corrected chi connectivity index (χ2v) is 14.3. The fourth-order valence-corrected chi connectivity index (χ4v) is 7.57. The van der Waals surface area contributed by atoms with E-state index in [1.807, 2.05) is 45.0 Å². The van der Waals surface area contributed by atoms with Crippen molar-refractivity contribution in [3.05, 3.63) is 47.7 Å². The zero-order valence-electron chi connectivity index (χ0n) is 23.3. The summed E-state index contributed by atoms with van der Waals surface area (Å²) in [5.74, 6) is 1.31. The number of benzene rings is 1. The molecule has 0 N–H and O–H groups in total. The molecule has 1 aromatic carbocycles. The van der Waals surface area contributed by atoms with Gasteiger partial charge < -0.3 is 19.1 Å². The van der Waals surface area contributed by atoms with E-state index in [-0.39, 0.29) is 29.1 Å². The van der Waals surface area contributed by atoms with Crippen molar-refractivity contribution < 1.29 is 27.4 Å². The fraction of sp³-hybridized carbons (Fsp3) is 0.600. The van der Waals surface area contributed by atoms with E-state index in [9.17, 15) is 13.2 Å². The summed E-state index contributed by atoms with van der Waals surface area (Å²) in [5, 5.41) is 0. The van der Waals surface area contributed by atoms with Crippen LogP contribution in [0.15, 0.2) is 36.5 Å². The number of carbonyl (C=O) groups excluding carboxylic acids is 1. The van der Waals surface area contributed by atoms with E-state index in [0.29, 0.717) is 31.9 Å². The van der Waals surface area contributed by atoms with E-state index < -0.39 is 15.4 Å². The number of aromatic nitrogens is 1. The summed E-state index contributed by atoms with van der Waals surface area (Å²) in [7, 11) is -3.19. The SMILES string of the molecule is CC(C)(C)OC(=O)N1CCC2(CCc3cc(-c4ccc(CS(=O)(=O)CC5CCOCC5)cn4)ccc3O2)CC1. The van der Waals surface area contributed by atoms with Crippen LogP contribution in [0.1, 0.15) is 64.0 Å². The summed E-state index contributed by atoms with van der Waals surface area (Å²) in [5.41, 5.74) is 2.92. The molecule has 1 spiro atoms. The van der Waals surface area contributed by atoms with Gasteiger partial charge in [-0.05, 0) is 87.8 Å². The molecule has 39 heavy (non-hydrogen) atoms. The molecule has 8 nitrogen and oxygen atoms in total. The third-order valence-electron chi connectivity index (χ3n) is 7.90. The third kappa shape index (κ3) is 7.11. The first-order valence-corrected chi connectivity index (χ1v) is 15.8. The average Bonchev–Trinajstić information content (AvgIpc) is 2.88. The minimum absolute atomic E-state index is 0.0170. The molecule has 1 aromatic heterocycles. The molecular weight excluding hydrogens is 516 g/mol. The van der Waals surface area contributed by atoms with Crippen LogP contribution in [0.3, 0.4) is 0 Å². The van der Waals surface area contributed by atoms with Crippen LogP contribution in [0, 0.1) is 5.92 Å². The highest BCUT2D eigenvalue weighted by atomic mass is 32.2. The number of piperidine rings is 1. The molecule has 3 aliphatic heterocycles. The highest BCUT2D eigenvalue weighted by Gasteiger charge is 2.41. The molecule has 0 radical (unpaired) electrons. The number of hydrogen-bond acceptors (Lipinski definition) is 7. The molecule has 2 fully saturated rings. The molecule has 0 aliphatic carbocycles. The molecule has 0 saturated carbocycles. The van der Waals surface area contributed by atoms with Gasteiger partial charge in [0.05, 0.1) is 17.2 Å². The number of likely N-dealkylation sites (tertiary alicyclic amines) is 1. The lowest BCUT2D eigenvalue weighted by Crippen LogP contribution is -2.52. The molecule has 2 aromatic rings. The Labute approximate surface area is 232 Å². The van der Waals surface area contributed by atoms with E-state index in [2.05, 4.69) is 11.1 Å². The molecule has 0 bridgehead atoms. The summed E-state index contributed by atoms with van der Waals surface area (Å²) in [6.07, 6.45) is 6.42. The lowest BCUT2D eigenvalue weighted by Gasteiger charge is -2.44. The van der Waals surface area contributed by atoms with Gasteiger partial charge in [-0.1, -0.05) is 6.07 Å². The number of nitrogens with zero attached hydrogens (tertiary/aromatic N) is 2. The Kier molecular flexibility index (Phi) is 7.93. The lowest BCUT2D eigenvalue weighted by molar-refractivity contribution is -0.0272. The number of amides is 1. The molecule has 1 amide bonds. The fourth-order valence-electron chi connectivity index (χ4n) is 5.72. The van der Waals surface area contributed by atoms with Crippen molar-refractivity contribution in [2.75, 3.05) is 32.1 Å². The van der Waals surface area contributed by atoms with Crippen molar-refractivity contribution in [2.45, 2.75) is 76.3 Å². The van der Waals surface area contributed by atoms with Crippen molar-refractivity contribution in [3.63, 3.8) is 0 Å². The first-order chi connectivity index (χ1) is 18.5. The highest BCUT2D eigenvalue weighted by molar-refractivity contribution is 7.90. The molecule has 0 unspecified atom stereocenters. The van der Waals surface area contributed by atoms with E-state index >= 15 is 0 Å². The van der Waals surface area contributed by atoms with Crippen molar-refractivity contribution in [3.8, 4) is 17.0 Å². The Morgan fingerprint density at radius 3 is 2.51 bits per heavy atom. The third-order valence-corrected chi connectivity index (χ3v) is 9.65. The van der Waals surface area contributed by atoms with Gasteiger partial charge >= 0.3 is 6.09 Å². The zero-order valence-corrected chi connectivity index (χ0v) is 24.1. The topological polar surface area (TPSA) is 95.0 Å². The van der Waals surface area contributed by atoms with E-state index in [1.54, 1.807) is 11.1 Å². The van der Waals surface area contributed by atoms with Crippen molar-refractivity contribution in [1.82, 2.24) is 9.88 Å². The Bertz CT molecular complexity index is 1270. The van der Waals surface area contributed by atoms with Gasteiger partial charge in [-0.25, -0.2) is 13.2 Å². The molecule has 2 saturated heterocycles.